The van der Waals surface area contributed by atoms with Gasteiger partial charge in [0.2, 0.25) is 0 Å². The molecule has 4 rings (SSSR count). The molecule has 132 valence electrons. The number of hydrogen-bond acceptors (Lipinski definition) is 5. The lowest BCUT2D eigenvalue weighted by atomic mass is 10.0. The number of pyridine rings is 1. The van der Waals surface area contributed by atoms with Crippen molar-refractivity contribution in [2.75, 3.05) is 10.2 Å². The van der Waals surface area contributed by atoms with E-state index in [4.69, 9.17) is 0 Å². The SMILES string of the molecule is Cl.O=C(O)c1cccc2c1CN(c1csc(-c3ccncc3)n1)C(=O)N2. The summed E-state index contributed by atoms with van der Waals surface area (Å²) < 4.78 is 0. The highest BCUT2D eigenvalue weighted by Gasteiger charge is 2.28. The number of benzene rings is 1. The summed E-state index contributed by atoms with van der Waals surface area (Å²) in [6.45, 7) is 0.156. The minimum absolute atomic E-state index is 0. The van der Waals surface area contributed by atoms with Gasteiger partial charge in [-0.1, -0.05) is 6.07 Å². The van der Waals surface area contributed by atoms with Crippen molar-refractivity contribution in [3.8, 4) is 10.6 Å². The quantitative estimate of drug-likeness (QED) is 0.709. The van der Waals surface area contributed by atoms with Crippen LogP contribution in [0.5, 0.6) is 0 Å². The van der Waals surface area contributed by atoms with Gasteiger partial charge in [0.25, 0.3) is 0 Å². The van der Waals surface area contributed by atoms with Crippen molar-refractivity contribution in [3.63, 3.8) is 0 Å². The molecular formula is C17H13ClN4O3S. The largest absolute Gasteiger partial charge is 0.478 e. The van der Waals surface area contributed by atoms with E-state index in [1.807, 2.05) is 12.1 Å². The summed E-state index contributed by atoms with van der Waals surface area (Å²) in [5.41, 5.74) is 2.17. The first kappa shape index (κ1) is 17.8. The maximum atomic E-state index is 12.4. The van der Waals surface area contributed by atoms with Gasteiger partial charge < -0.3 is 10.4 Å². The number of fused-ring (bicyclic) bond motifs is 1. The Morgan fingerprint density at radius 1 is 1.23 bits per heavy atom. The Balaban J connectivity index is 0.00000196. The number of carbonyl (C=O) groups is 2. The van der Waals surface area contributed by atoms with E-state index in [2.05, 4.69) is 15.3 Å². The Hall–Kier alpha value is -2.97. The van der Waals surface area contributed by atoms with Crippen LogP contribution in [0.3, 0.4) is 0 Å². The van der Waals surface area contributed by atoms with Gasteiger partial charge in [-0.05, 0) is 24.3 Å². The number of nitrogens with one attached hydrogen (secondary N) is 1. The number of thiazole rings is 1. The van der Waals surface area contributed by atoms with E-state index in [-0.39, 0.29) is 30.5 Å². The predicted octanol–water partition coefficient (Wildman–Crippen LogP) is 3.88. The van der Waals surface area contributed by atoms with Crippen LogP contribution in [-0.2, 0) is 6.54 Å². The van der Waals surface area contributed by atoms with Crippen LogP contribution in [0.25, 0.3) is 10.6 Å². The number of anilines is 2. The molecule has 3 aromatic rings. The minimum Gasteiger partial charge on any atom is -0.478 e. The van der Waals surface area contributed by atoms with Crippen molar-refractivity contribution in [1.82, 2.24) is 9.97 Å². The fourth-order valence-corrected chi connectivity index (χ4v) is 3.50. The monoisotopic (exact) mass is 388 g/mol. The summed E-state index contributed by atoms with van der Waals surface area (Å²) in [4.78, 5) is 33.8. The van der Waals surface area contributed by atoms with Crippen LogP contribution in [0.1, 0.15) is 15.9 Å². The molecule has 2 aromatic heterocycles. The fourth-order valence-electron chi connectivity index (χ4n) is 2.69. The van der Waals surface area contributed by atoms with Crippen LogP contribution < -0.4 is 10.2 Å². The van der Waals surface area contributed by atoms with Crippen molar-refractivity contribution < 1.29 is 14.7 Å². The Morgan fingerprint density at radius 3 is 2.73 bits per heavy atom. The topological polar surface area (TPSA) is 95.4 Å². The molecule has 0 saturated carbocycles. The van der Waals surface area contributed by atoms with E-state index >= 15 is 0 Å². The lowest BCUT2D eigenvalue weighted by Gasteiger charge is -2.28. The molecule has 0 fully saturated rings. The summed E-state index contributed by atoms with van der Waals surface area (Å²) in [5.74, 6) is -0.538. The molecule has 0 bridgehead atoms. The molecule has 9 heteroatoms. The highest BCUT2D eigenvalue weighted by atomic mass is 35.5. The van der Waals surface area contributed by atoms with E-state index in [0.717, 1.165) is 10.6 Å². The third-order valence-corrected chi connectivity index (χ3v) is 4.78. The molecule has 1 aliphatic heterocycles. The van der Waals surface area contributed by atoms with E-state index < -0.39 is 5.97 Å². The van der Waals surface area contributed by atoms with Crippen molar-refractivity contribution in [2.45, 2.75) is 6.54 Å². The number of urea groups is 1. The first-order valence-electron chi connectivity index (χ1n) is 7.43. The van der Waals surface area contributed by atoms with Crippen LogP contribution in [0.4, 0.5) is 16.3 Å². The smallest absolute Gasteiger partial charge is 0.336 e. The summed E-state index contributed by atoms with van der Waals surface area (Å²) in [6, 6.07) is 8.19. The molecule has 2 amide bonds. The van der Waals surface area contributed by atoms with Gasteiger partial charge in [0.15, 0.2) is 0 Å². The average Bonchev–Trinajstić information content (AvgIpc) is 3.11. The Labute approximate surface area is 158 Å². The molecule has 1 aliphatic rings. The number of carboxylic acids is 1. The van der Waals surface area contributed by atoms with E-state index in [9.17, 15) is 14.7 Å². The molecule has 3 heterocycles. The lowest BCUT2D eigenvalue weighted by Crippen LogP contribution is -2.39. The first-order chi connectivity index (χ1) is 12.1. The minimum atomic E-state index is -1.02. The van der Waals surface area contributed by atoms with Crippen LogP contribution >= 0.6 is 23.7 Å². The average molecular weight is 389 g/mol. The zero-order chi connectivity index (χ0) is 17.4. The fraction of sp³-hybridized carbons (Fsp3) is 0.0588. The maximum Gasteiger partial charge on any atom is 0.336 e. The molecule has 26 heavy (non-hydrogen) atoms. The highest BCUT2D eigenvalue weighted by Crippen LogP contribution is 2.32. The van der Waals surface area contributed by atoms with Gasteiger partial charge in [-0.25, -0.2) is 14.6 Å². The zero-order valence-corrected chi connectivity index (χ0v) is 14.9. The number of amides is 2. The Bertz CT molecular complexity index is 977. The highest BCUT2D eigenvalue weighted by molar-refractivity contribution is 7.13. The first-order valence-corrected chi connectivity index (χ1v) is 8.31. The van der Waals surface area contributed by atoms with Crippen molar-refractivity contribution in [2.24, 2.45) is 0 Å². The molecule has 1 aromatic carbocycles. The van der Waals surface area contributed by atoms with Crippen LogP contribution in [0, 0.1) is 0 Å². The van der Waals surface area contributed by atoms with Crippen LogP contribution in [0.15, 0.2) is 48.1 Å². The number of carboxylic acid groups (broad SMARTS) is 1. The number of carbonyl (C=O) groups excluding carboxylic acids is 1. The second kappa shape index (κ2) is 7.11. The standard InChI is InChI=1S/C17H12N4O3S.ClH/c22-16(23)11-2-1-3-13-12(11)8-21(17(24)19-13)14-9-25-15(20-14)10-4-6-18-7-5-10;/h1-7,9H,8H2,(H,19,24)(H,22,23);1H. The van der Waals surface area contributed by atoms with Crippen molar-refractivity contribution >= 4 is 47.2 Å². The number of nitrogens with zero attached hydrogens (tertiary/aromatic N) is 3. The van der Waals surface area contributed by atoms with Gasteiger partial charge in [-0.3, -0.25) is 9.88 Å². The summed E-state index contributed by atoms with van der Waals surface area (Å²) >= 11 is 1.41. The van der Waals surface area contributed by atoms with Gasteiger partial charge in [0.1, 0.15) is 10.8 Å². The van der Waals surface area contributed by atoms with E-state index in [1.54, 1.807) is 29.9 Å². The van der Waals surface area contributed by atoms with Crippen molar-refractivity contribution in [1.29, 1.82) is 0 Å². The van der Waals surface area contributed by atoms with E-state index in [0.29, 0.717) is 17.1 Å². The van der Waals surface area contributed by atoms with Gasteiger partial charge in [-0.2, -0.15) is 0 Å². The summed E-state index contributed by atoms with van der Waals surface area (Å²) in [5, 5.41) is 14.6. The molecule has 0 aliphatic carbocycles. The zero-order valence-electron chi connectivity index (χ0n) is 13.2. The molecule has 0 radical (unpaired) electrons. The van der Waals surface area contributed by atoms with Crippen LogP contribution in [-0.4, -0.2) is 27.1 Å². The molecule has 0 atom stereocenters. The predicted molar refractivity (Wildman–Crippen MR) is 101 cm³/mol. The molecular weight excluding hydrogens is 376 g/mol. The molecule has 7 nitrogen and oxygen atoms in total. The van der Waals surface area contributed by atoms with Crippen molar-refractivity contribution in [3.05, 3.63) is 59.2 Å². The second-order valence-corrected chi connectivity index (χ2v) is 6.26. The molecule has 0 unspecified atom stereocenters. The molecule has 0 spiro atoms. The third kappa shape index (κ3) is 3.12. The summed E-state index contributed by atoms with van der Waals surface area (Å²) in [7, 11) is 0. The summed E-state index contributed by atoms with van der Waals surface area (Å²) in [6.07, 6.45) is 3.36. The Kier molecular flexibility index (Phi) is 4.88. The maximum absolute atomic E-state index is 12.4. The van der Waals surface area contributed by atoms with Gasteiger partial charge >= 0.3 is 12.0 Å². The number of rotatable bonds is 3. The number of hydrogen-bond donors (Lipinski definition) is 2. The lowest BCUT2D eigenvalue weighted by molar-refractivity contribution is 0.0695. The number of aromatic carboxylic acids is 1. The van der Waals surface area contributed by atoms with E-state index in [1.165, 1.54) is 22.3 Å². The van der Waals surface area contributed by atoms with Gasteiger partial charge in [0, 0.05) is 34.6 Å². The van der Waals surface area contributed by atoms with Gasteiger partial charge in [0.05, 0.1) is 12.1 Å². The Morgan fingerprint density at radius 2 is 2.00 bits per heavy atom. The third-order valence-electron chi connectivity index (χ3n) is 3.91. The number of halogens is 1. The van der Waals surface area contributed by atoms with Gasteiger partial charge in [-0.15, -0.1) is 23.7 Å². The number of aromatic nitrogens is 2. The molecule has 2 N–H and O–H groups in total. The molecule has 0 saturated heterocycles. The normalized spacial score (nSPS) is 12.8. The second-order valence-electron chi connectivity index (χ2n) is 5.40. The van der Waals surface area contributed by atoms with Crippen LogP contribution in [0.2, 0.25) is 0 Å².